The van der Waals surface area contributed by atoms with Crippen molar-refractivity contribution in [3.05, 3.63) is 0 Å². The first-order valence-corrected chi connectivity index (χ1v) is 5.47. The zero-order valence-corrected chi connectivity index (χ0v) is 9.67. The summed E-state index contributed by atoms with van der Waals surface area (Å²) < 4.78 is 61.2. The Morgan fingerprint density at radius 3 is 1.94 bits per heavy atom. The van der Waals surface area contributed by atoms with Gasteiger partial charge in [0.1, 0.15) is 0 Å². The molecule has 0 aromatic carbocycles. The van der Waals surface area contributed by atoms with E-state index in [1.807, 2.05) is 0 Å². The van der Waals surface area contributed by atoms with Crippen LogP contribution >= 0.6 is 11.6 Å². The van der Waals surface area contributed by atoms with E-state index in [4.69, 9.17) is 11.6 Å². The van der Waals surface area contributed by atoms with Gasteiger partial charge in [0.05, 0.1) is 11.4 Å². The molecule has 3 nitrogen and oxygen atoms in total. The van der Waals surface area contributed by atoms with Crippen LogP contribution in [0.4, 0.5) is 22.0 Å². The molecular weight excluding hydrogens is 285 g/mol. The third-order valence-electron chi connectivity index (χ3n) is 2.86. The number of carbonyl (C=O) groups excluding carboxylic acids is 2. The van der Waals surface area contributed by atoms with Crippen molar-refractivity contribution >= 4 is 23.3 Å². The summed E-state index contributed by atoms with van der Waals surface area (Å²) >= 11 is 5.23. The van der Waals surface area contributed by atoms with Crippen LogP contribution in [-0.2, 0) is 9.59 Å². The number of hydrogen-bond donors (Lipinski definition) is 1. The maximum atomic E-state index is 12.7. The molecule has 1 aliphatic carbocycles. The molecule has 0 aromatic rings. The molecule has 1 rings (SSSR count). The van der Waals surface area contributed by atoms with Crippen LogP contribution in [0.3, 0.4) is 0 Å². The minimum absolute atomic E-state index is 0.0121. The van der Waals surface area contributed by atoms with E-state index < -0.39 is 35.2 Å². The highest BCUT2D eigenvalue weighted by Crippen LogP contribution is 2.38. The molecule has 0 spiro atoms. The van der Waals surface area contributed by atoms with E-state index in [2.05, 4.69) is 0 Å². The third kappa shape index (κ3) is 2.43. The van der Waals surface area contributed by atoms with Crippen molar-refractivity contribution in [1.29, 1.82) is 0 Å². The molecule has 0 aliphatic heterocycles. The SMILES string of the molecule is O=C(CCl)C1(NC(=O)C(F)(F)C(F)(F)F)CCC1. The molecule has 9 heteroatoms. The number of alkyl halides is 6. The molecule has 0 bridgehead atoms. The largest absolute Gasteiger partial charge is 0.463 e. The van der Waals surface area contributed by atoms with Crippen molar-refractivity contribution < 1.29 is 31.5 Å². The van der Waals surface area contributed by atoms with Crippen LogP contribution in [0.1, 0.15) is 19.3 Å². The number of rotatable bonds is 4. The minimum Gasteiger partial charge on any atom is -0.338 e. The van der Waals surface area contributed by atoms with E-state index in [-0.39, 0.29) is 12.8 Å². The van der Waals surface area contributed by atoms with Crippen LogP contribution < -0.4 is 5.32 Å². The number of ketones is 1. The van der Waals surface area contributed by atoms with Gasteiger partial charge in [-0.15, -0.1) is 11.6 Å². The molecule has 0 saturated heterocycles. The smallest absolute Gasteiger partial charge is 0.338 e. The highest BCUT2D eigenvalue weighted by Gasteiger charge is 2.65. The van der Waals surface area contributed by atoms with Gasteiger partial charge in [0.2, 0.25) is 0 Å². The highest BCUT2D eigenvalue weighted by molar-refractivity contribution is 6.29. The van der Waals surface area contributed by atoms with Gasteiger partial charge in [-0.25, -0.2) is 0 Å². The second-order valence-corrected chi connectivity index (χ2v) is 4.29. The predicted molar refractivity (Wildman–Crippen MR) is 51.5 cm³/mol. The minimum atomic E-state index is -5.99. The maximum Gasteiger partial charge on any atom is 0.463 e. The third-order valence-corrected chi connectivity index (χ3v) is 3.10. The molecule has 18 heavy (non-hydrogen) atoms. The van der Waals surface area contributed by atoms with Crippen molar-refractivity contribution in [3.8, 4) is 0 Å². The number of hydrogen-bond acceptors (Lipinski definition) is 2. The lowest BCUT2D eigenvalue weighted by molar-refractivity contribution is -0.270. The summed E-state index contributed by atoms with van der Waals surface area (Å²) in [5, 5.41) is 1.48. The Balaban J connectivity index is 2.84. The number of Topliss-reactive ketones (excluding diaryl/α,β-unsaturated/α-hetero) is 1. The summed E-state index contributed by atoms with van der Waals surface area (Å²) in [7, 11) is 0. The topological polar surface area (TPSA) is 46.2 Å². The summed E-state index contributed by atoms with van der Waals surface area (Å²) in [6.07, 6.45) is -5.52. The van der Waals surface area contributed by atoms with E-state index in [9.17, 15) is 31.5 Å². The zero-order valence-electron chi connectivity index (χ0n) is 8.91. The van der Waals surface area contributed by atoms with Crippen LogP contribution in [0.5, 0.6) is 0 Å². The molecule has 0 radical (unpaired) electrons. The molecule has 104 valence electrons. The van der Waals surface area contributed by atoms with Crippen LogP contribution in [0.25, 0.3) is 0 Å². The molecule has 1 aliphatic rings. The number of amides is 1. The van der Waals surface area contributed by atoms with E-state index >= 15 is 0 Å². The molecule has 0 aromatic heterocycles. The van der Waals surface area contributed by atoms with Crippen molar-refractivity contribution in [3.63, 3.8) is 0 Å². The van der Waals surface area contributed by atoms with Crippen LogP contribution in [0.2, 0.25) is 0 Å². The van der Waals surface area contributed by atoms with E-state index in [1.165, 1.54) is 5.32 Å². The Hall–Kier alpha value is -0.920. The van der Waals surface area contributed by atoms with Crippen molar-refractivity contribution in [2.75, 3.05) is 5.88 Å². The molecule has 1 fully saturated rings. The predicted octanol–water partition coefficient (Wildman–Crippen LogP) is 2.03. The van der Waals surface area contributed by atoms with Gasteiger partial charge in [0.15, 0.2) is 5.78 Å². The van der Waals surface area contributed by atoms with Crippen LogP contribution in [0.15, 0.2) is 0 Å². The Morgan fingerprint density at radius 2 is 1.67 bits per heavy atom. The maximum absolute atomic E-state index is 12.7. The summed E-state index contributed by atoms with van der Waals surface area (Å²) in [4.78, 5) is 22.3. The second-order valence-electron chi connectivity index (χ2n) is 4.02. The van der Waals surface area contributed by atoms with E-state index in [0.29, 0.717) is 6.42 Å². The number of carbonyl (C=O) groups is 2. The fourth-order valence-electron chi connectivity index (χ4n) is 1.56. The Kier molecular flexibility index (Phi) is 3.90. The lowest BCUT2D eigenvalue weighted by Gasteiger charge is -2.41. The van der Waals surface area contributed by atoms with Gasteiger partial charge in [-0.2, -0.15) is 22.0 Å². The summed E-state index contributed by atoms with van der Waals surface area (Å²) in [6, 6.07) is 0. The van der Waals surface area contributed by atoms with Crippen molar-refractivity contribution in [2.45, 2.75) is 36.9 Å². The first kappa shape index (κ1) is 15.1. The number of halogens is 6. The molecular formula is C9H9ClF5NO2. The first-order chi connectivity index (χ1) is 8.07. The fraction of sp³-hybridized carbons (Fsp3) is 0.778. The second kappa shape index (κ2) is 4.64. The van der Waals surface area contributed by atoms with E-state index in [1.54, 1.807) is 0 Å². The van der Waals surface area contributed by atoms with Gasteiger partial charge in [-0.1, -0.05) is 0 Å². The average molecular weight is 294 g/mol. The first-order valence-electron chi connectivity index (χ1n) is 4.93. The molecule has 1 saturated carbocycles. The molecule has 0 atom stereocenters. The zero-order chi connectivity index (χ0) is 14.2. The Morgan fingerprint density at radius 1 is 1.17 bits per heavy atom. The van der Waals surface area contributed by atoms with Gasteiger partial charge >= 0.3 is 18.0 Å². The van der Waals surface area contributed by atoms with E-state index in [0.717, 1.165) is 0 Å². The summed E-state index contributed by atoms with van der Waals surface area (Å²) in [5.41, 5.74) is -1.67. The summed E-state index contributed by atoms with van der Waals surface area (Å²) in [5.74, 6) is -9.37. The van der Waals surface area contributed by atoms with Gasteiger partial charge in [-0.05, 0) is 19.3 Å². The van der Waals surface area contributed by atoms with Gasteiger partial charge in [-0.3, -0.25) is 9.59 Å². The average Bonchev–Trinajstić information content (AvgIpc) is 2.20. The van der Waals surface area contributed by atoms with Crippen LogP contribution in [0, 0.1) is 0 Å². The Bertz CT molecular complexity index is 364. The van der Waals surface area contributed by atoms with Crippen molar-refractivity contribution in [2.24, 2.45) is 0 Å². The lowest BCUT2D eigenvalue weighted by atomic mass is 9.74. The fourth-order valence-corrected chi connectivity index (χ4v) is 1.81. The lowest BCUT2D eigenvalue weighted by Crippen LogP contribution is -2.64. The molecule has 0 unspecified atom stereocenters. The van der Waals surface area contributed by atoms with Gasteiger partial charge < -0.3 is 5.32 Å². The van der Waals surface area contributed by atoms with Crippen molar-refractivity contribution in [1.82, 2.24) is 5.32 Å². The highest BCUT2D eigenvalue weighted by atomic mass is 35.5. The standard InChI is InChI=1S/C9H9ClF5NO2/c10-4-5(17)7(2-1-3-7)16-6(18)8(11,12)9(13,14)15/h1-4H2,(H,16,18). The summed E-state index contributed by atoms with van der Waals surface area (Å²) in [6.45, 7) is 0. The quantitative estimate of drug-likeness (QED) is 0.637. The molecule has 1 amide bonds. The van der Waals surface area contributed by atoms with Gasteiger partial charge in [0.25, 0.3) is 0 Å². The normalized spacial score (nSPS) is 19.0. The Labute approximate surface area is 104 Å². The molecule has 1 N–H and O–H groups in total. The van der Waals surface area contributed by atoms with Crippen LogP contribution in [-0.4, -0.2) is 35.2 Å². The molecule has 0 heterocycles. The van der Waals surface area contributed by atoms with Gasteiger partial charge in [0, 0.05) is 0 Å². The number of nitrogens with one attached hydrogen (secondary N) is 1. The monoisotopic (exact) mass is 293 g/mol.